The van der Waals surface area contributed by atoms with Gasteiger partial charge in [-0.1, -0.05) is 30.3 Å². The maximum Gasteiger partial charge on any atom is 0.122 e. The maximum absolute atomic E-state index is 5.30. The first-order chi connectivity index (χ1) is 9.72. The smallest absolute Gasteiger partial charge is 0.122 e. The number of hydrogen-bond donors (Lipinski definition) is 1. The fraction of sp³-hybridized carbons (Fsp3) is 0.294. The molecule has 106 valence electrons. The van der Waals surface area contributed by atoms with Crippen molar-refractivity contribution in [2.45, 2.75) is 19.5 Å². The summed E-state index contributed by atoms with van der Waals surface area (Å²) in [6, 6.07) is 16.5. The summed E-state index contributed by atoms with van der Waals surface area (Å²) in [5, 5.41) is 3.51. The average molecular weight is 271 g/mol. The molecule has 3 nitrogen and oxygen atoms in total. The van der Waals surface area contributed by atoms with Gasteiger partial charge in [0.15, 0.2) is 0 Å². The van der Waals surface area contributed by atoms with Crippen molar-refractivity contribution in [1.29, 1.82) is 0 Å². The number of rotatable bonds is 6. The maximum atomic E-state index is 5.30. The monoisotopic (exact) mass is 271 g/mol. The van der Waals surface area contributed by atoms with Gasteiger partial charge < -0.3 is 14.8 Å². The molecule has 1 unspecified atom stereocenters. The highest BCUT2D eigenvalue weighted by molar-refractivity contribution is 5.39. The van der Waals surface area contributed by atoms with Crippen LogP contribution in [0.4, 0.5) is 0 Å². The standard InChI is InChI=1S/C17H21NO2/c1-13(18-12-14-7-5-4-6-8-14)15-9-16(19-2)11-17(10-15)20-3/h4-11,13,18H,12H2,1-3H3. The van der Waals surface area contributed by atoms with Crippen LogP contribution in [0.5, 0.6) is 11.5 Å². The molecule has 3 heteroatoms. The fourth-order valence-corrected chi connectivity index (χ4v) is 2.06. The van der Waals surface area contributed by atoms with Gasteiger partial charge >= 0.3 is 0 Å². The molecule has 0 heterocycles. The summed E-state index contributed by atoms with van der Waals surface area (Å²) < 4.78 is 10.6. The Hall–Kier alpha value is -2.00. The van der Waals surface area contributed by atoms with Crippen LogP contribution >= 0.6 is 0 Å². The number of methoxy groups -OCH3 is 2. The molecule has 0 fully saturated rings. The van der Waals surface area contributed by atoms with Gasteiger partial charge in [0.2, 0.25) is 0 Å². The zero-order valence-corrected chi connectivity index (χ0v) is 12.2. The zero-order valence-electron chi connectivity index (χ0n) is 12.2. The van der Waals surface area contributed by atoms with Gasteiger partial charge in [-0.05, 0) is 30.2 Å². The van der Waals surface area contributed by atoms with Crippen molar-refractivity contribution < 1.29 is 9.47 Å². The van der Waals surface area contributed by atoms with Crippen LogP contribution in [-0.4, -0.2) is 14.2 Å². The number of hydrogen-bond acceptors (Lipinski definition) is 3. The molecule has 2 aromatic carbocycles. The second kappa shape index (κ2) is 6.96. The number of nitrogens with one attached hydrogen (secondary N) is 1. The fourth-order valence-electron chi connectivity index (χ4n) is 2.06. The zero-order chi connectivity index (χ0) is 14.4. The van der Waals surface area contributed by atoms with E-state index in [2.05, 4.69) is 36.5 Å². The first kappa shape index (κ1) is 14.4. The Balaban J connectivity index is 2.06. The Morgan fingerprint density at radius 1 is 0.950 bits per heavy atom. The van der Waals surface area contributed by atoms with Crippen LogP contribution in [0.1, 0.15) is 24.1 Å². The van der Waals surface area contributed by atoms with Gasteiger partial charge in [-0.3, -0.25) is 0 Å². The molecule has 0 amide bonds. The second-order valence-corrected chi connectivity index (χ2v) is 4.73. The quantitative estimate of drug-likeness (QED) is 0.871. The van der Waals surface area contributed by atoms with E-state index in [1.807, 2.05) is 24.3 Å². The molecule has 0 radical (unpaired) electrons. The molecule has 0 saturated heterocycles. The van der Waals surface area contributed by atoms with Crippen molar-refractivity contribution in [1.82, 2.24) is 5.32 Å². The SMILES string of the molecule is COc1cc(OC)cc(C(C)NCc2ccccc2)c1. The molecule has 0 aliphatic carbocycles. The molecule has 0 aliphatic heterocycles. The highest BCUT2D eigenvalue weighted by Gasteiger charge is 2.08. The van der Waals surface area contributed by atoms with Gasteiger partial charge in [-0.25, -0.2) is 0 Å². The lowest BCUT2D eigenvalue weighted by molar-refractivity contribution is 0.392. The summed E-state index contributed by atoms with van der Waals surface area (Å²) in [5.74, 6) is 1.63. The van der Waals surface area contributed by atoms with Gasteiger partial charge in [0.1, 0.15) is 11.5 Å². The highest BCUT2D eigenvalue weighted by atomic mass is 16.5. The minimum Gasteiger partial charge on any atom is -0.497 e. The van der Waals surface area contributed by atoms with E-state index < -0.39 is 0 Å². The third-order valence-electron chi connectivity index (χ3n) is 3.33. The lowest BCUT2D eigenvalue weighted by atomic mass is 10.1. The van der Waals surface area contributed by atoms with Gasteiger partial charge in [0, 0.05) is 18.7 Å². The van der Waals surface area contributed by atoms with E-state index in [9.17, 15) is 0 Å². The molecule has 20 heavy (non-hydrogen) atoms. The summed E-state index contributed by atoms with van der Waals surface area (Å²) in [6.45, 7) is 2.97. The van der Waals surface area contributed by atoms with E-state index in [4.69, 9.17) is 9.47 Å². The van der Waals surface area contributed by atoms with Gasteiger partial charge in [-0.2, -0.15) is 0 Å². The van der Waals surface area contributed by atoms with Gasteiger partial charge in [0.25, 0.3) is 0 Å². The summed E-state index contributed by atoms with van der Waals surface area (Å²) in [4.78, 5) is 0. The Bertz CT molecular complexity index is 518. The van der Waals surface area contributed by atoms with Crippen molar-refractivity contribution >= 4 is 0 Å². The van der Waals surface area contributed by atoms with Crippen molar-refractivity contribution in [3.8, 4) is 11.5 Å². The molecule has 1 atom stereocenters. The van der Waals surface area contributed by atoms with E-state index in [1.165, 1.54) is 5.56 Å². The lowest BCUT2D eigenvalue weighted by Crippen LogP contribution is -2.18. The Labute approximate surface area is 120 Å². The topological polar surface area (TPSA) is 30.5 Å². The van der Waals surface area contributed by atoms with E-state index in [-0.39, 0.29) is 6.04 Å². The van der Waals surface area contributed by atoms with Gasteiger partial charge in [0.05, 0.1) is 14.2 Å². The lowest BCUT2D eigenvalue weighted by Gasteiger charge is -2.16. The second-order valence-electron chi connectivity index (χ2n) is 4.73. The third kappa shape index (κ3) is 3.75. The molecule has 2 aromatic rings. The third-order valence-corrected chi connectivity index (χ3v) is 3.33. The van der Waals surface area contributed by atoms with E-state index in [1.54, 1.807) is 14.2 Å². The molecular weight excluding hydrogens is 250 g/mol. The Kier molecular flexibility index (Phi) is 5.02. The molecule has 0 bridgehead atoms. The molecule has 2 rings (SSSR count). The molecule has 0 saturated carbocycles. The molecule has 0 aliphatic rings. The van der Waals surface area contributed by atoms with Crippen LogP contribution in [0.15, 0.2) is 48.5 Å². The van der Waals surface area contributed by atoms with Crippen LogP contribution < -0.4 is 14.8 Å². The first-order valence-electron chi connectivity index (χ1n) is 6.73. The average Bonchev–Trinajstić information content (AvgIpc) is 2.52. The first-order valence-corrected chi connectivity index (χ1v) is 6.73. The van der Waals surface area contributed by atoms with Crippen molar-refractivity contribution in [3.05, 3.63) is 59.7 Å². The van der Waals surface area contributed by atoms with Crippen molar-refractivity contribution in [2.75, 3.05) is 14.2 Å². The Morgan fingerprint density at radius 3 is 2.10 bits per heavy atom. The van der Waals surface area contributed by atoms with Crippen molar-refractivity contribution in [2.24, 2.45) is 0 Å². The Morgan fingerprint density at radius 2 is 1.55 bits per heavy atom. The molecule has 0 aromatic heterocycles. The normalized spacial score (nSPS) is 11.9. The predicted octanol–water partition coefficient (Wildman–Crippen LogP) is 3.55. The molecule has 0 spiro atoms. The molecule has 1 N–H and O–H groups in total. The minimum absolute atomic E-state index is 0.221. The minimum atomic E-state index is 0.221. The summed E-state index contributed by atoms with van der Waals surface area (Å²) in [5.41, 5.74) is 2.42. The van der Waals surface area contributed by atoms with E-state index >= 15 is 0 Å². The predicted molar refractivity (Wildman–Crippen MR) is 81.2 cm³/mol. The van der Waals surface area contributed by atoms with Crippen molar-refractivity contribution in [3.63, 3.8) is 0 Å². The van der Waals surface area contributed by atoms with Crippen LogP contribution in [0.2, 0.25) is 0 Å². The van der Waals surface area contributed by atoms with Crippen LogP contribution in [-0.2, 0) is 6.54 Å². The van der Waals surface area contributed by atoms with E-state index in [0.29, 0.717) is 0 Å². The highest BCUT2D eigenvalue weighted by Crippen LogP contribution is 2.26. The van der Waals surface area contributed by atoms with Crippen LogP contribution in [0.25, 0.3) is 0 Å². The van der Waals surface area contributed by atoms with Crippen LogP contribution in [0, 0.1) is 0 Å². The number of ether oxygens (including phenoxy) is 2. The summed E-state index contributed by atoms with van der Waals surface area (Å²) in [7, 11) is 3.33. The number of benzene rings is 2. The largest absolute Gasteiger partial charge is 0.497 e. The molecular formula is C17H21NO2. The van der Waals surface area contributed by atoms with E-state index in [0.717, 1.165) is 23.6 Å². The summed E-state index contributed by atoms with van der Waals surface area (Å²) in [6.07, 6.45) is 0. The summed E-state index contributed by atoms with van der Waals surface area (Å²) >= 11 is 0. The van der Waals surface area contributed by atoms with Crippen LogP contribution in [0.3, 0.4) is 0 Å². The van der Waals surface area contributed by atoms with Gasteiger partial charge in [-0.15, -0.1) is 0 Å².